The molecule has 1 rings (SSSR count). The number of aliphatic hydroxyl groups is 1. The minimum atomic E-state index is -0.336. The second-order valence-electron chi connectivity index (χ2n) is 3.70. The Bertz CT molecular complexity index is 299. The fourth-order valence-corrected chi connectivity index (χ4v) is 1.32. The zero-order chi connectivity index (χ0) is 11.3. The molecule has 3 heteroatoms. The van der Waals surface area contributed by atoms with Gasteiger partial charge in [0.1, 0.15) is 11.9 Å². The van der Waals surface area contributed by atoms with Gasteiger partial charge in [-0.2, -0.15) is 0 Å². The van der Waals surface area contributed by atoms with Crippen molar-refractivity contribution in [2.75, 3.05) is 6.61 Å². The Morgan fingerprint density at radius 2 is 2.20 bits per heavy atom. The topological polar surface area (TPSA) is 55.5 Å². The van der Waals surface area contributed by atoms with Crippen LogP contribution in [0, 0.1) is 0 Å². The van der Waals surface area contributed by atoms with E-state index in [1.165, 1.54) is 5.56 Å². The van der Waals surface area contributed by atoms with Gasteiger partial charge in [-0.15, -0.1) is 0 Å². The smallest absolute Gasteiger partial charge is 0.136 e. The number of nitrogens with two attached hydrogens (primary N) is 1. The summed E-state index contributed by atoms with van der Waals surface area (Å²) in [7, 11) is 0. The Morgan fingerprint density at radius 1 is 1.47 bits per heavy atom. The molecule has 2 atom stereocenters. The highest BCUT2D eigenvalue weighted by atomic mass is 16.5. The van der Waals surface area contributed by atoms with Gasteiger partial charge in [-0.05, 0) is 31.0 Å². The highest BCUT2D eigenvalue weighted by molar-refractivity contribution is 5.28. The molecule has 1 aromatic rings. The van der Waals surface area contributed by atoms with Gasteiger partial charge in [-0.1, -0.05) is 19.1 Å². The maximum atomic E-state index is 9.08. The van der Waals surface area contributed by atoms with Crippen LogP contribution in [0.5, 0.6) is 5.75 Å². The summed E-state index contributed by atoms with van der Waals surface area (Å²) in [5.74, 6) is 0.769. The Kier molecular flexibility index (Phi) is 4.59. The van der Waals surface area contributed by atoms with Crippen molar-refractivity contribution < 1.29 is 9.84 Å². The van der Waals surface area contributed by atoms with Gasteiger partial charge in [-0.3, -0.25) is 0 Å². The van der Waals surface area contributed by atoms with E-state index in [1.807, 2.05) is 31.2 Å². The molecule has 1 aromatic carbocycles. The standard InChI is InChI=1S/C12H19NO2/c1-3-10-5-4-6-11(7-10)15-12(8-14)9(2)13/h4-7,9,12,14H,3,8,13H2,1-2H3. The van der Waals surface area contributed by atoms with E-state index in [0.29, 0.717) is 0 Å². The van der Waals surface area contributed by atoms with Gasteiger partial charge in [0.05, 0.1) is 6.61 Å². The van der Waals surface area contributed by atoms with E-state index in [4.69, 9.17) is 15.6 Å². The summed E-state index contributed by atoms with van der Waals surface area (Å²) >= 11 is 0. The van der Waals surface area contributed by atoms with E-state index < -0.39 is 0 Å². The molecule has 0 saturated heterocycles. The number of aliphatic hydroxyl groups excluding tert-OH is 1. The van der Waals surface area contributed by atoms with E-state index in [0.717, 1.165) is 12.2 Å². The first-order chi connectivity index (χ1) is 7.17. The number of benzene rings is 1. The van der Waals surface area contributed by atoms with Crippen LogP contribution in [0.25, 0.3) is 0 Å². The van der Waals surface area contributed by atoms with Gasteiger partial charge in [0.2, 0.25) is 0 Å². The third kappa shape index (κ3) is 3.53. The van der Waals surface area contributed by atoms with Crippen molar-refractivity contribution in [1.29, 1.82) is 0 Å². The lowest BCUT2D eigenvalue weighted by Gasteiger charge is -2.20. The van der Waals surface area contributed by atoms with Crippen LogP contribution in [0.3, 0.4) is 0 Å². The molecule has 0 heterocycles. The predicted octanol–water partition coefficient (Wildman–Crippen LogP) is 1.34. The molecule has 3 N–H and O–H groups in total. The highest BCUT2D eigenvalue weighted by Gasteiger charge is 2.14. The van der Waals surface area contributed by atoms with Crippen LogP contribution < -0.4 is 10.5 Å². The van der Waals surface area contributed by atoms with Gasteiger partial charge in [0.15, 0.2) is 0 Å². The van der Waals surface area contributed by atoms with Gasteiger partial charge in [-0.25, -0.2) is 0 Å². The maximum Gasteiger partial charge on any atom is 0.136 e. The molecule has 0 bridgehead atoms. The third-order valence-electron chi connectivity index (χ3n) is 2.36. The molecular weight excluding hydrogens is 190 g/mol. The maximum absolute atomic E-state index is 9.08. The number of aryl methyl sites for hydroxylation is 1. The Balaban J connectivity index is 2.70. The monoisotopic (exact) mass is 209 g/mol. The first-order valence-corrected chi connectivity index (χ1v) is 5.29. The molecule has 0 amide bonds. The summed E-state index contributed by atoms with van der Waals surface area (Å²) in [5.41, 5.74) is 6.90. The molecule has 0 aliphatic carbocycles. The molecule has 0 fully saturated rings. The van der Waals surface area contributed by atoms with Crippen molar-refractivity contribution in [2.24, 2.45) is 5.73 Å². The summed E-state index contributed by atoms with van der Waals surface area (Å²) in [5, 5.41) is 9.08. The Hall–Kier alpha value is -1.06. The molecule has 0 saturated carbocycles. The molecule has 0 aliphatic rings. The average Bonchev–Trinajstić information content (AvgIpc) is 2.25. The molecule has 15 heavy (non-hydrogen) atoms. The largest absolute Gasteiger partial charge is 0.486 e. The summed E-state index contributed by atoms with van der Waals surface area (Å²) in [6, 6.07) is 7.67. The van der Waals surface area contributed by atoms with Crippen molar-refractivity contribution in [2.45, 2.75) is 32.4 Å². The van der Waals surface area contributed by atoms with Crippen molar-refractivity contribution in [3.05, 3.63) is 29.8 Å². The summed E-state index contributed by atoms with van der Waals surface area (Å²) < 4.78 is 5.59. The normalized spacial score (nSPS) is 14.7. The second kappa shape index (κ2) is 5.73. The summed E-state index contributed by atoms with van der Waals surface area (Å²) in [6.07, 6.45) is 0.635. The molecule has 0 spiro atoms. The fourth-order valence-electron chi connectivity index (χ4n) is 1.32. The molecular formula is C12H19NO2. The predicted molar refractivity (Wildman–Crippen MR) is 61.0 cm³/mol. The van der Waals surface area contributed by atoms with Gasteiger partial charge in [0.25, 0.3) is 0 Å². The summed E-state index contributed by atoms with van der Waals surface area (Å²) in [6.45, 7) is 3.85. The van der Waals surface area contributed by atoms with Crippen LogP contribution in [0.1, 0.15) is 19.4 Å². The Labute approximate surface area is 90.9 Å². The zero-order valence-electron chi connectivity index (χ0n) is 9.31. The lowest BCUT2D eigenvalue weighted by Crippen LogP contribution is -2.39. The number of hydrogen-bond donors (Lipinski definition) is 2. The van der Waals surface area contributed by atoms with Gasteiger partial charge in [0, 0.05) is 6.04 Å². The molecule has 0 aliphatic heterocycles. The van der Waals surface area contributed by atoms with E-state index >= 15 is 0 Å². The highest BCUT2D eigenvalue weighted by Crippen LogP contribution is 2.15. The van der Waals surface area contributed by atoms with Crippen LogP contribution in [-0.2, 0) is 6.42 Å². The molecule has 0 aromatic heterocycles. The average molecular weight is 209 g/mol. The van der Waals surface area contributed by atoms with Crippen molar-refractivity contribution >= 4 is 0 Å². The van der Waals surface area contributed by atoms with Crippen LogP contribution in [0.15, 0.2) is 24.3 Å². The van der Waals surface area contributed by atoms with Crippen molar-refractivity contribution in [1.82, 2.24) is 0 Å². The van der Waals surface area contributed by atoms with E-state index in [9.17, 15) is 0 Å². The lowest BCUT2D eigenvalue weighted by molar-refractivity contribution is 0.0990. The minimum absolute atomic E-state index is 0.0615. The molecule has 3 nitrogen and oxygen atoms in total. The second-order valence-corrected chi connectivity index (χ2v) is 3.70. The van der Waals surface area contributed by atoms with Gasteiger partial charge >= 0.3 is 0 Å². The molecule has 0 radical (unpaired) electrons. The van der Waals surface area contributed by atoms with Crippen molar-refractivity contribution in [3.8, 4) is 5.75 Å². The fraction of sp³-hybridized carbons (Fsp3) is 0.500. The number of hydrogen-bond acceptors (Lipinski definition) is 3. The SMILES string of the molecule is CCc1cccc(OC(CO)C(C)N)c1. The van der Waals surface area contributed by atoms with E-state index in [-0.39, 0.29) is 18.8 Å². The van der Waals surface area contributed by atoms with Crippen LogP contribution in [0.2, 0.25) is 0 Å². The van der Waals surface area contributed by atoms with Gasteiger partial charge < -0.3 is 15.6 Å². The third-order valence-corrected chi connectivity index (χ3v) is 2.36. The summed E-state index contributed by atoms with van der Waals surface area (Å²) in [4.78, 5) is 0. The first kappa shape index (κ1) is 12.0. The first-order valence-electron chi connectivity index (χ1n) is 5.29. The number of rotatable bonds is 5. The zero-order valence-corrected chi connectivity index (χ0v) is 9.31. The van der Waals surface area contributed by atoms with E-state index in [1.54, 1.807) is 0 Å². The van der Waals surface area contributed by atoms with Crippen molar-refractivity contribution in [3.63, 3.8) is 0 Å². The van der Waals surface area contributed by atoms with Crippen LogP contribution in [0.4, 0.5) is 0 Å². The molecule has 2 unspecified atom stereocenters. The van der Waals surface area contributed by atoms with E-state index in [2.05, 4.69) is 6.92 Å². The van der Waals surface area contributed by atoms with Crippen LogP contribution in [-0.4, -0.2) is 23.9 Å². The lowest BCUT2D eigenvalue weighted by atomic mass is 10.1. The molecule has 84 valence electrons. The number of ether oxygens (including phenoxy) is 1. The quantitative estimate of drug-likeness (QED) is 0.769. The van der Waals surface area contributed by atoms with Crippen LogP contribution >= 0.6 is 0 Å². The Morgan fingerprint density at radius 3 is 2.73 bits per heavy atom. The minimum Gasteiger partial charge on any atom is -0.486 e.